The molecule has 1 nitrogen and oxygen atoms in total. The van der Waals surface area contributed by atoms with Crippen molar-refractivity contribution < 1.29 is 9.13 Å². The lowest BCUT2D eigenvalue weighted by atomic mass is 9.79. The van der Waals surface area contributed by atoms with Crippen molar-refractivity contribution in [3.63, 3.8) is 0 Å². The van der Waals surface area contributed by atoms with Crippen molar-refractivity contribution >= 4 is 0 Å². The summed E-state index contributed by atoms with van der Waals surface area (Å²) in [5.41, 5.74) is 1.41. The van der Waals surface area contributed by atoms with Crippen molar-refractivity contribution in [2.24, 2.45) is 5.92 Å². The van der Waals surface area contributed by atoms with Gasteiger partial charge < -0.3 is 4.74 Å². The highest BCUT2D eigenvalue weighted by Crippen LogP contribution is 2.35. The van der Waals surface area contributed by atoms with Gasteiger partial charge in [-0.3, -0.25) is 0 Å². The molecule has 0 N–H and O–H groups in total. The largest absolute Gasteiger partial charge is 0.491 e. The molecule has 18 heavy (non-hydrogen) atoms. The van der Waals surface area contributed by atoms with E-state index in [2.05, 4.69) is 19.1 Å². The van der Waals surface area contributed by atoms with E-state index in [9.17, 15) is 4.39 Å². The average molecular weight is 250 g/mol. The van der Waals surface area contributed by atoms with Crippen LogP contribution in [0.2, 0.25) is 0 Å². The highest BCUT2D eigenvalue weighted by molar-refractivity contribution is 5.29. The predicted molar refractivity (Wildman–Crippen MR) is 72.9 cm³/mol. The van der Waals surface area contributed by atoms with Crippen LogP contribution in [0.3, 0.4) is 0 Å². The van der Waals surface area contributed by atoms with Crippen LogP contribution in [0.1, 0.15) is 51.0 Å². The molecule has 0 aromatic heterocycles. The number of benzene rings is 1. The molecule has 0 spiro atoms. The van der Waals surface area contributed by atoms with Crippen LogP contribution in [0.25, 0.3) is 0 Å². The van der Waals surface area contributed by atoms with Crippen molar-refractivity contribution in [1.82, 2.24) is 0 Å². The molecule has 0 heterocycles. The van der Waals surface area contributed by atoms with Gasteiger partial charge in [-0.15, -0.1) is 0 Å². The number of hydrogen-bond donors (Lipinski definition) is 0. The third-order valence-corrected chi connectivity index (χ3v) is 3.85. The third-order valence-electron chi connectivity index (χ3n) is 3.85. The average Bonchev–Trinajstić information content (AvgIpc) is 2.38. The maximum absolute atomic E-state index is 12.7. The summed E-state index contributed by atoms with van der Waals surface area (Å²) in [5.74, 6) is 2.36. The van der Waals surface area contributed by atoms with Gasteiger partial charge in [-0.25, -0.2) is 4.39 Å². The molecule has 1 aromatic rings. The molecule has 1 aliphatic carbocycles. The van der Waals surface area contributed by atoms with Crippen LogP contribution in [0.4, 0.5) is 4.39 Å². The molecule has 1 unspecified atom stereocenters. The van der Waals surface area contributed by atoms with E-state index >= 15 is 0 Å². The first-order valence-corrected chi connectivity index (χ1v) is 7.02. The van der Waals surface area contributed by atoms with Crippen LogP contribution in [-0.2, 0) is 0 Å². The van der Waals surface area contributed by atoms with Gasteiger partial charge in [0.15, 0.2) is 0 Å². The summed E-state index contributed by atoms with van der Waals surface area (Å²) in [7, 11) is 0. The quantitative estimate of drug-likeness (QED) is 0.751. The lowest BCUT2D eigenvalue weighted by molar-refractivity contribution is 0.209. The van der Waals surface area contributed by atoms with Crippen molar-refractivity contribution in [2.75, 3.05) is 6.61 Å². The Labute approximate surface area is 109 Å². The van der Waals surface area contributed by atoms with Gasteiger partial charge in [-0.2, -0.15) is 0 Å². The van der Waals surface area contributed by atoms with Gasteiger partial charge in [0.1, 0.15) is 18.5 Å². The van der Waals surface area contributed by atoms with Crippen LogP contribution < -0.4 is 4.74 Å². The molecule has 0 bridgehead atoms. The molecule has 2 rings (SSSR count). The fraction of sp³-hybridized carbons (Fsp3) is 0.625. The monoisotopic (exact) mass is 250 g/mol. The standard InChI is InChI=1S/C16H23FO/c1-12-3-5-14(6-4-12)15-7-9-16(10-8-15)18-11-13(2)17/h7-10,12-14H,3-6,11H2,1-2H3. The van der Waals surface area contributed by atoms with E-state index < -0.39 is 6.17 Å². The number of rotatable bonds is 4. The van der Waals surface area contributed by atoms with Crippen molar-refractivity contribution in [2.45, 2.75) is 51.6 Å². The summed E-state index contributed by atoms with van der Waals surface area (Å²) in [6.07, 6.45) is 4.35. The number of alkyl halides is 1. The lowest BCUT2D eigenvalue weighted by Crippen LogP contribution is -2.11. The molecular formula is C16H23FO. The van der Waals surface area contributed by atoms with E-state index in [1.54, 1.807) is 0 Å². The van der Waals surface area contributed by atoms with Gasteiger partial charge >= 0.3 is 0 Å². The summed E-state index contributed by atoms with van der Waals surface area (Å²) in [6.45, 7) is 3.99. The third kappa shape index (κ3) is 3.72. The van der Waals surface area contributed by atoms with Gasteiger partial charge in [0.05, 0.1) is 0 Å². The summed E-state index contributed by atoms with van der Waals surface area (Å²) < 4.78 is 18.0. The van der Waals surface area contributed by atoms with E-state index in [4.69, 9.17) is 4.74 Å². The van der Waals surface area contributed by atoms with Gasteiger partial charge in [0.25, 0.3) is 0 Å². The molecule has 100 valence electrons. The normalized spacial score (nSPS) is 25.7. The van der Waals surface area contributed by atoms with Crippen LogP contribution in [0, 0.1) is 5.92 Å². The highest BCUT2D eigenvalue weighted by atomic mass is 19.1. The second-order valence-electron chi connectivity index (χ2n) is 5.62. The predicted octanol–water partition coefficient (Wildman–Crippen LogP) is 4.72. The van der Waals surface area contributed by atoms with Crippen LogP contribution in [0.5, 0.6) is 5.75 Å². The molecule has 0 aliphatic heterocycles. The van der Waals surface area contributed by atoms with E-state index in [0.717, 1.165) is 11.7 Å². The molecule has 0 radical (unpaired) electrons. The minimum absolute atomic E-state index is 0.139. The Hall–Kier alpha value is -1.05. The molecule has 0 amide bonds. The molecule has 1 saturated carbocycles. The van der Waals surface area contributed by atoms with Crippen molar-refractivity contribution in [3.8, 4) is 5.75 Å². The van der Waals surface area contributed by atoms with E-state index in [1.165, 1.54) is 38.2 Å². The molecule has 1 atom stereocenters. The Morgan fingerprint density at radius 3 is 2.33 bits per heavy atom. The summed E-state index contributed by atoms with van der Waals surface area (Å²) in [5, 5.41) is 0. The number of hydrogen-bond acceptors (Lipinski definition) is 1. The minimum atomic E-state index is -0.912. The van der Waals surface area contributed by atoms with Gasteiger partial charge in [0.2, 0.25) is 0 Å². The number of halogens is 1. The van der Waals surface area contributed by atoms with E-state index in [0.29, 0.717) is 5.92 Å². The Balaban J connectivity index is 1.91. The van der Waals surface area contributed by atoms with E-state index in [-0.39, 0.29) is 6.61 Å². The molecule has 1 fully saturated rings. The maximum Gasteiger partial charge on any atom is 0.131 e. The molecule has 1 aliphatic rings. The summed E-state index contributed by atoms with van der Waals surface area (Å²) >= 11 is 0. The molecule has 2 heteroatoms. The fourth-order valence-electron chi connectivity index (χ4n) is 2.64. The zero-order chi connectivity index (χ0) is 13.0. The topological polar surface area (TPSA) is 9.23 Å². The fourth-order valence-corrected chi connectivity index (χ4v) is 2.64. The van der Waals surface area contributed by atoms with Gasteiger partial charge in [-0.1, -0.05) is 31.9 Å². The molecule has 0 saturated heterocycles. The first-order valence-electron chi connectivity index (χ1n) is 7.02. The second kappa shape index (κ2) is 6.21. The Morgan fingerprint density at radius 1 is 1.17 bits per heavy atom. The highest BCUT2D eigenvalue weighted by Gasteiger charge is 2.19. The van der Waals surface area contributed by atoms with Gasteiger partial charge in [-0.05, 0) is 49.3 Å². The minimum Gasteiger partial charge on any atom is -0.491 e. The maximum atomic E-state index is 12.7. The zero-order valence-corrected chi connectivity index (χ0v) is 11.4. The van der Waals surface area contributed by atoms with Crippen LogP contribution in [0.15, 0.2) is 24.3 Å². The Morgan fingerprint density at radius 2 is 1.78 bits per heavy atom. The molecular weight excluding hydrogens is 227 g/mol. The first-order chi connectivity index (χ1) is 8.65. The Kier molecular flexibility index (Phi) is 4.62. The number of ether oxygens (including phenoxy) is 1. The summed E-state index contributed by atoms with van der Waals surface area (Å²) in [4.78, 5) is 0. The smallest absolute Gasteiger partial charge is 0.131 e. The second-order valence-corrected chi connectivity index (χ2v) is 5.62. The SMILES string of the molecule is CC(F)COc1ccc(C2CCC(C)CC2)cc1. The first kappa shape index (κ1) is 13.4. The molecule has 1 aromatic carbocycles. The van der Waals surface area contributed by atoms with E-state index in [1.807, 2.05) is 12.1 Å². The van der Waals surface area contributed by atoms with Crippen LogP contribution in [-0.4, -0.2) is 12.8 Å². The zero-order valence-electron chi connectivity index (χ0n) is 11.4. The van der Waals surface area contributed by atoms with Crippen molar-refractivity contribution in [3.05, 3.63) is 29.8 Å². The summed E-state index contributed by atoms with van der Waals surface area (Å²) in [6, 6.07) is 8.21. The lowest BCUT2D eigenvalue weighted by Gasteiger charge is -2.26. The van der Waals surface area contributed by atoms with Crippen molar-refractivity contribution in [1.29, 1.82) is 0 Å². The Bertz CT molecular complexity index is 350. The van der Waals surface area contributed by atoms with Crippen LogP contribution >= 0.6 is 0 Å². The van der Waals surface area contributed by atoms with Gasteiger partial charge in [0, 0.05) is 0 Å².